The molecule has 0 saturated carbocycles. The highest BCUT2D eigenvalue weighted by atomic mass is 16.6. The van der Waals surface area contributed by atoms with Crippen molar-refractivity contribution in [1.29, 1.82) is 0 Å². The summed E-state index contributed by atoms with van der Waals surface area (Å²) in [5, 5.41) is 12.6. The number of nitrogens with zero attached hydrogens (tertiary/aromatic N) is 3. The predicted molar refractivity (Wildman–Crippen MR) is 110 cm³/mol. The molecule has 5 rings (SSSR count). The van der Waals surface area contributed by atoms with Gasteiger partial charge in [0.25, 0.3) is 5.69 Å². The van der Waals surface area contributed by atoms with Gasteiger partial charge < -0.3 is 13.9 Å². The van der Waals surface area contributed by atoms with Crippen molar-refractivity contribution in [3.05, 3.63) is 76.1 Å². The van der Waals surface area contributed by atoms with Crippen LogP contribution in [0.25, 0.3) is 33.0 Å². The molecule has 0 bridgehead atoms. The summed E-state index contributed by atoms with van der Waals surface area (Å²) >= 11 is 0. The molecule has 0 atom stereocenters. The first-order valence-corrected chi connectivity index (χ1v) is 9.16. The van der Waals surface area contributed by atoms with Crippen LogP contribution in [0, 0.1) is 10.1 Å². The zero-order chi connectivity index (χ0) is 21.2. The number of carbonyl (C=O) groups excluding carboxylic acids is 2. The van der Waals surface area contributed by atoms with Gasteiger partial charge in [-0.1, -0.05) is 18.2 Å². The molecular formula is C22H15N3O5. The number of para-hydroxylation sites is 1. The number of hydrogen-bond donors (Lipinski definition) is 0. The van der Waals surface area contributed by atoms with Crippen LogP contribution in [0.2, 0.25) is 0 Å². The highest BCUT2D eigenvalue weighted by Crippen LogP contribution is 2.40. The molecule has 1 aliphatic heterocycles. The SMILES string of the molecule is Cn1cc(C2=C(c3cn(C)c4ccc([N+](=O)[O-])cc34)C(=O)OC2=O)c2ccccc21. The average Bonchev–Trinajstić information content (AvgIpc) is 3.32. The van der Waals surface area contributed by atoms with E-state index in [4.69, 9.17) is 4.74 Å². The summed E-state index contributed by atoms with van der Waals surface area (Å²) in [5.41, 5.74) is 2.79. The molecule has 2 aromatic carbocycles. The molecule has 0 unspecified atom stereocenters. The van der Waals surface area contributed by atoms with E-state index >= 15 is 0 Å². The second kappa shape index (κ2) is 6.15. The average molecular weight is 401 g/mol. The first kappa shape index (κ1) is 17.9. The molecule has 0 saturated heterocycles. The zero-order valence-corrected chi connectivity index (χ0v) is 16.1. The summed E-state index contributed by atoms with van der Waals surface area (Å²) in [6.45, 7) is 0. The Bertz CT molecular complexity index is 1450. The highest BCUT2D eigenvalue weighted by molar-refractivity contribution is 6.46. The van der Waals surface area contributed by atoms with Crippen LogP contribution in [0.3, 0.4) is 0 Å². The standard InChI is InChI=1S/C22H15N3O5/c1-23-10-15(13-5-3-4-6-17(13)23)19-20(22(27)30-21(19)26)16-11-24(2)18-8-7-12(25(28)29)9-14(16)18/h3-11H,1-2H3. The minimum atomic E-state index is -0.762. The van der Waals surface area contributed by atoms with Gasteiger partial charge in [-0.2, -0.15) is 0 Å². The van der Waals surface area contributed by atoms with Crippen molar-refractivity contribution in [2.75, 3.05) is 0 Å². The molecule has 4 aromatic rings. The summed E-state index contributed by atoms with van der Waals surface area (Å²) < 4.78 is 8.62. The molecule has 0 radical (unpaired) electrons. The van der Waals surface area contributed by atoms with E-state index in [1.54, 1.807) is 30.1 Å². The maximum absolute atomic E-state index is 12.7. The van der Waals surface area contributed by atoms with Crippen molar-refractivity contribution in [3.63, 3.8) is 0 Å². The fourth-order valence-electron chi connectivity index (χ4n) is 4.11. The Balaban J connectivity index is 1.87. The van der Waals surface area contributed by atoms with Crippen LogP contribution >= 0.6 is 0 Å². The van der Waals surface area contributed by atoms with Gasteiger partial charge >= 0.3 is 11.9 Å². The number of esters is 2. The molecule has 0 aliphatic carbocycles. The quantitative estimate of drug-likeness (QED) is 0.226. The van der Waals surface area contributed by atoms with Crippen LogP contribution in [0.15, 0.2) is 54.9 Å². The second-order valence-electron chi connectivity index (χ2n) is 7.21. The van der Waals surface area contributed by atoms with Gasteiger partial charge in [-0.3, -0.25) is 10.1 Å². The fourth-order valence-corrected chi connectivity index (χ4v) is 4.11. The number of benzene rings is 2. The summed E-state index contributed by atoms with van der Waals surface area (Å²) in [5.74, 6) is -1.49. The minimum Gasteiger partial charge on any atom is -0.386 e. The third kappa shape index (κ3) is 2.40. The topological polar surface area (TPSA) is 96.4 Å². The van der Waals surface area contributed by atoms with E-state index in [2.05, 4.69) is 0 Å². The Morgan fingerprint density at radius 3 is 2.03 bits per heavy atom. The van der Waals surface area contributed by atoms with E-state index in [9.17, 15) is 19.7 Å². The minimum absolute atomic E-state index is 0.0973. The molecule has 1 aliphatic rings. The van der Waals surface area contributed by atoms with Gasteiger partial charge in [-0.05, 0) is 12.1 Å². The maximum Gasteiger partial charge on any atom is 0.347 e. The van der Waals surface area contributed by atoms with Crippen LogP contribution < -0.4 is 0 Å². The molecule has 2 aromatic heterocycles. The molecule has 0 fully saturated rings. The number of carbonyl (C=O) groups is 2. The lowest BCUT2D eigenvalue weighted by Crippen LogP contribution is -2.01. The normalized spacial score (nSPS) is 14.2. The number of nitro benzene ring substituents is 1. The lowest BCUT2D eigenvalue weighted by atomic mass is 9.95. The Morgan fingerprint density at radius 1 is 0.833 bits per heavy atom. The lowest BCUT2D eigenvalue weighted by molar-refractivity contribution is -0.384. The largest absolute Gasteiger partial charge is 0.386 e. The highest BCUT2D eigenvalue weighted by Gasteiger charge is 2.37. The fraction of sp³-hybridized carbons (Fsp3) is 0.0909. The van der Waals surface area contributed by atoms with Crippen molar-refractivity contribution >= 4 is 50.6 Å². The second-order valence-corrected chi connectivity index (χ2v) is 7.21. The molecule has 8 heteroatoms. The first-order chi connectivity index (χ1) is 14.4. The number of aromatic nitrogens is 2. The van der Waals surface area contributed by atoms with Crippen molar-refractivity contribution in [3.8, 4) is 0 Å². The Morgan fingerprint density at radius 2 is 1.40 bits per heavy atom. The summed E-state index contributed by atoms with van der Waals surface area (Å²) in [7, 11) is 3.63. The number of rotatable bonds is 3. The van der Waals surface area contributed by atoms with E-state index < -0.39 is 16.9 Å². The molecule has 3 heterocycles. The molecule has 0 amide bonds. The molecule has 0 N–H and O–H groups in total. The van der Waals surface area contributed by atoms with Gasteiger partial charge in [0.1, 0.15) is 0 Å². The summed E-state index contributed by atoms with van der Waals surface area (Å²) in [6, 6.07) is 12.0. The molecule has 0 spiro atoms. The number of aryl methyl sites for hydroxylation is 2. The van der Waals surface area contributed by atoms with Crippen LogP contribution in [0.1, 0.15) is 11.1 Å². The van der Waals surface area contributed by atoms with Gasteiger partial charge in [0.05, 0.1) is 16.1 Å². The number of hydrogen-bond acceptors (Lipinski definition) is 5. The predicted octanol–water partition coefficient (Wildman–Crippen LogP) is 3.57. The third-order valence-electron chi connectivity index (χ3n) is 5.46. The Hall–Kier alpha value is -4.20. The summed E-state index contributed by atoms with van der Waals surface area (Å²) in [4.78, 5) is 36.2. The third-order valence-corrected chi connectivity index (χ3v) is 5.46. The van der Waals surface area contributed by atoms with Crippen molar-refractivity contribution in [2.45, 2.75) is 0 Å². The van der Waals surface area contributed by atoms with Crippen molar-refractivity contribution < 1.29 is 19.2 Å². The van der Waals surface area contributed by atoms with Crippen LogP contribution in [-0.4, -0.2) is 26.0 Å². The lowest BCUT2D eigenvalue weighted by Gasteiger charge is -2.01. The number of cyclic esters (lactones) is 2. The number of ether oxygens (including phenoxy) is 1. The van der Waals surface area contributed by atoms with E-state index in [0.29, 0.717) is 22.0 Å². The van der Waals surface area contributed by atoms with Crippen LogP contribution in [-0.2, 0) is 28.4 Å². The van der Waals surface area contributed by atoms with Gasteiger partial charge in [-0.25, -0.2) is 9.59 Å². The van der Waals surface area contributed by atoms with Gasteiger partial charge in [0.2, 0.25) is 0 Å². The monoisotopic (exact) mass is 401 g/mol. The summed E-state index contributed by atoms with van der Waals surface area (Å²) in [6.07, 6.45) is 3.47. The number of non-ortho nitro benzene ring substituents is 1. The van der Waals surface area contributed by atoms with Gasteiger partial charge in [-0.15, -0.1) is 0 Å². The van der Waals surface area contributed by atoms with Gasteiger partial charge in [0.15, 0.2) is 0 Å². The molecule has 8 nitrogen and oxygen atoms in total. The molecular weight excluding hydrogens is 386 g/mol. The molecule has 30 heavy (non-hydrogen) atoms. The van der Waals surface area contributed by atoms with E-state index in [0.717, 1.165) is 10.9 Å². The molecule has 148 valence electrons. The van der Waals surface area contributed by atoms with Crippen LogP contribution in [0.5, 0.6) is 0 Å². The Kier molecular flexibility index (Phi) is 3.66. The zero-order valence-electron chi connectivity index (χ0n) is 16.1. The number of fused-ring (bicyclic) bond motifs is 2. The van der Waals surface area contributed by atoms with E-state index in [-0.39, 0.29) is 16.8 Å². The van der Waals surface area contributed by atoms with Crippen molar-refractivity contribution in [2.24, 2.45) is 14.1 Å². The van der Waals surface area contributed by atoms with Crippen LogP contribution in [0.4, 0.5) is 5.69 Å². The van der Waals surface area contributed by atoms with E-state index in [1.165, 1.54) is 12.1 Å². The first-order valence-electron chi connectivity index (χ1n) is 9.16. The number of nitro groups is 1. The van der Waals surface area contributed by atoms with Crippen molar-refractivity contribution in [1.82, 2.24) is 9.13 Å². The smallest absolute Gasteiger partial charge is 0.347 e. The van der Waals surface area contributed by atoms with E-state index in [1.807, 2.05) is 35.9 Å². The maximum atomic E-state index is 12.7. The Labute approximate surface area is 169 Å². The van der Waals surface area contributed by atoms with Gasteiger partial charge in [0, 0.05) is 71.6 Å².